The molecule has 0 atom stereocenters. The average molecular weight is 443 g/mol. The summed E-state index contributed by atoms with van der Waals surface area (Å²) in [4.78, 5) is 37.0. The Morgan fingerprint density at radius 2 is 1.25 bits per heavy atom. The van der Waals surface area contributed by atoms with E-state index < -0.39 is 23.8 Å². The van der Waals surface area contributed by atoms with Gasteiger partial charge < -0.3 is 14.6 Å². The van der Waals surface area contributed by atoms with E-state index in [1.165, 1.54) is 0 Å². The molecular weight excluding hydrogens is 412 g/mol. The number of alkyl carbamates (subject to hydrolysis) is 2. The van der Waals surface area contributed by atoms with Crippen molar-refractivity contribution >= 4 is 18.2 Å². The molecule has 3 N–H and O–H groups in total. The zero-order valence-corrected chi connectivity index (χ0v) is 18.2. The molecule has 32 heavy (non-hydrogen) atoms. The first-order valence-electron chi connectivity index (χ1n) is 10.7. The fraction of sp³-hybridized carbons (Fsp3) is 0.375. The highest BCUT2D eigenvalue weighted by molar-refractivity contribution is 5.87. The molecular formula is C24H30N2O6. The minimum Gasteiger partial charge on any atom is -0.478 e. The summed E-state index contributed by atoms with van der Waals surface area (Å²) >= 11 is 0. The van der Waals surface area contributed by atoms with Crippen LogP contribution in [0.2, 0.25) is 0 Å². The van der Waals surface area contributed by atoms with Crippen LogP contribution in [0.15, 0.2) is 60.7 Å². The summed E-state index contributed by atoms with van der Waals surface area (Å²) in [5.41, 5.74) is -0.543. The Labute approximate surface area is 187 Å². The Bertz CT molecular complexity index is 800. The first-order chi connectivity index (χ1) is 15.4. The van der Waals surface area contributed by atoms with Gasteiger partial charge in [-0.25, -0.2) is 14.4 Å². The number of carbonyl (C=O) groups is 3. The molecule has 0 heterocycles. The number of hydrogen-bond donors (Lipinski definition) is 3. The molecule has 0 bridgehead atoms. The predicted octanol–water partition coefficient (Wildman–Crippen LogP) is 4.59. The Hall–Kier alpha value is -3.55. The van der Waals surface area contributed by atoms with Gasteiger partial charge in [0.15, 0.2) is 0 Å². The quantitative estimate of drug-likeness (QED) is 0.327. The van der Waals surface area contributed by atoms with E-state index >= 15 is 0 Å². The van der Waals surface area contributed by atoms with Crippen molar-refractivity contribution in [3.63, 3.8) is 0 Å². The van der Waals surface area contributed by atoms with Gasteiger partial charge in [0.2, 0.25) is 5.66 Å². The average Bonchev–Trinajstić information content (AvgIpc) is 2.80. The number of benzene rings is 2. The highest BCUT2D eigenvalue weighted by Gasteiger charge is 2.42. The smallest absolute Gasteiger partial charge is 0.409 e. The van der Waals surface area contributed by atoms with E-state index in [-0.39, 0.29) is 19.6 Å². The van der Waals surface area contributed by atoms with Crippen LogP contribution in [-0.4, -0.2) is 28.9 Å². The SMILES string of the molecule is CCCCCCC(NC(=O)OCc1ccccc1)(NC(=O)OCc1ccccc1)C(=O)O. The van der Waals surface area contributed by atoms with E-state index in [0.717, 1.165) is 30.4 Å². The van der Waals surface area contributed by atoms with Gasteiger partial charge in [-0.05, 0) is 17.5 Å². The van der Waals surface area contributed by atoms with Crippen LogP contribution in [0.1, 0.15) is 50.2 Å². The Morgan fingerprint density at radius 3 is 1.66 bits per heavy atom. The topological polar surface area (TPSA) is 114 Å². The van der Waals surface area contributed by atoms with E-state index in [9.17, 15) is 19.5 Å². The van der Waals surface area contributed by atoms with Crippen molar-refractivity contribution in [2.24, 2.45) is 0 Å². The molecule has 8 heteroatoms. The number of aliphatic carboxylic acids is 1. The lowest BCUT2D eigenvalue weighted by molar-refractivity contribution is -0.146. The minimum atomic E-state index is -2.05. The van der Waals surface area contributed by atoms with E-state index in [1.54, 1.807) is 48.5 Å². The molecule has 0 saturated carbocycles. The molecule has 0 aliphatic heterocycles. The lowest BCUT2D eigenvalue weighted by Crippen LogP contribution is -2.65. The van der Waals surface area contributed by atoms with Gasteiger partial charge in [-0.3, -0.25) is 10.6 Å². The van der Waals surface area contributed by atoms with Crippen LogP contribution in [0, 0.1) is 0 Å². The van der Waals surface area contributed by atoms with Gasteiger partial charge >= 0.3 is 18.2 Å². The molecule has 0 fully saturated rings. The third-order valence-electron chi connectivity index (χ3n) is 4.83. The Morgan fingerprint density at radius 1 is 0.781 bits per heavy atom. The lowest BCUT2D eigenvalue weighted by Gasteiger charge is -2.30. The summed E-state index contributed by atoms with van der Waals surface area (Å²) < 4.78 is 10.3. The highest BCUT2D eigenvalue weighted by atomic mass is 16.6. The van der Waals surface area contributed by atoms with Gasteiger partial charge in [0.25, 0.3) is 0 Å². The van der Waals surface area contributed by atoms with Crippen LogP contribution in [0.3, 0.4) is 0 Å². The maximum atomic E-state index is 12.4. The van der Waals surface area contributed by atoms with Crippen molar-refractivity contribution < 1.29 is 29.0 Å². The second kappa shape index (κ2) is 13.0. The first-order valence-corrected chi connectivity index (χ1v) is 10.7. The molecule has 0 unspecified atom stereocenters. The van der Waals surface area contributed by atoms with Gasteiger partial charge in [0.05, 0.1) is 0 Å². The predicted molar refractivity (Wildman–Crippen MR) is 119 cm³/mol. The van der Waals surface area contributed by atoms with Crippen molar-refractivity contribution in [3.05, 3.63) is 71.8 Å². The van der Waals surface area contributed by atoms with Crippen molar-refractivity contribution in [2.75, 3.05) is 0 Å². The van der Waals surface area contributed by atoms with Gasteiger partial charge in [0, 0.05) is 6.42 Å². The van der Waals surface area contributed by atoms with E-state index in [1.807, 2.05) is 19.1 Å². The third kappa shape index (κ3) is 8.29. The Kier molecular flexibility index (Phi) is 10.0. The van der Waals surface area contributed by atoms with E-state index in [2.05, 4.69) is 10.6 Å². The van der Waals surface area contributed by atoms with Crippen LogP contribution in [0.5, 0.6) is 0 Å². The number of rotatable bonds is 12. The largest absolute Gasteiger partial charge is 0.478 e. The molecule has 2 aromatic carbocycles. The molecule has 0 spiro atoms. The fourth-order valence-electron chi connectivity index (χ4n) is 3.05. The summed E-state index contributed by atoms with van der Waals surface area (Å²) in [6.07, 6.45) is 1.20. The van der Waals surface area contributed by atoms with Crippen LogP contribution in [0.25, 0.3) is 0 Å². The van der Waals surface area contributed by atoms with E-state index in [4.69, 9.17) is 9.47 Å². The zero-order chi connectivity index (χ0) is 23.2. The highest BCUT2D eigenvalue weighted by Crippen LogP contribution is 2.16. The van der Waals surface area contributed by atoms with Gasteiger partial charge in [-0.15, -0.1) is 0 Å². The van der Waals surface area contributed by atoms with Crippen molar-refractivity contribution in [2.45, 2.75) is 57.9 Å². The summed E-state index contributed by atoms with van der Waals surface area (Å²) in [6, 6.07) is 18.0. The number of hydrogen-bond acceptors (Lipinski definition) is 5. The number of nitrogens with one attached hydrogen (secondary N) is 2. The van der Waals surface area contributed by atoms with Gasteiger partial charge in [-0.2, -0.15) is 0 Å². The molecule has 172 valence electrons. The lowest BCUT2D eigenvalue weighted by atomic mass is 10.0. The first kappa shape index (κ1) is 24.7. The number of unbranched alkanes of at least 4 members (excludes halogenated alkanes) is 3. The normalized spacial score (nSPS) is 10.8. The molecule has 8 nitrogen and oxygen atoms in total. The van der Waals surface area contributed by atoms with Crippen LogP contribution >= 0.6 is 0 Å². The van der Waals surface area contributed by atoms with Crippen molar-refractivity contribution in [1.29, 1.82) is 0 Å². The van der Waals surface area contributed by atoms with Crippen molar-refractivity contribution in [3.8, 4) is 0 Å². The maximum absolute atomic E-state index is 12.4. The summed E-state index contributed by atoms with van der Waals surface area (Å²) in [6.45, 7) is 1.97. The number of carboxylic acids is 1. The minimum absolute atomic E-state index is 0.0107. The number of carboxylic acid groups (broad SMARTS) is 1. The van der Waals surface area contributed by atoms with Crippen molar-refractivity contribution in [1.82, 2.24) is 10.6 Å². The molecule has 0 aliphatic rings. The van der Waals surface area contributed by atoms with Gasteiger partial charge in [-0.1, -0.05) is 86.8 Å². The van der Waals surface area contributed by atoms with Crippen LogP contribution in [0.4, 0.5) is 9.59 Å². The monoisotopic (exact) mass is 442 g/mol. The molecule has 2 rings (SSSR count). The third-order valence-corrected chi connectivity index (χ3v) is 4.83. The second-order valence-electron chi connectivity index (χ2n) is 7.39. The zero-order valence-electron chi connectivity index (χ0n) is 18.2. The molecule has 0 radical (unpaired) electrons. The molecule has 2 aromatic rings. The molecule has 2 amide bonds. The number of amides is 2. The maximum Gasteiger partial charge on any atom is 0.409 e. The summed E-state index contributed by atoms with van der Waals surface area (Å²) in [5.74, 6) is -1.40. The number of ether oxygens (including phenoxy) is 2. The van der Waals surface area contributed by atoms with Gasteiger partial charge in [0.1, 0.15) is 13.2 Å². The molecule has 0 aliphatic carbocycles. The summed E-state index contributed by atoms with van der Waals surface area (Å²) in [7, 11) is 0. The van der Waals surface area contributed by atoms with Crippen LogP contribution < -0.4 is 10.6 Å². The summed E-state index contributed by atoms with van der Waals surface area (Å²) in [5, 5.41) is 14.6. The molecule has 0 aromatic heterocycles. The standard InChI is InChI=1S/C24H30N2O6/c1-2-3-4-11-16-24(21(27)28,25-22(29)31-17-19-12-7-5-8-13-19)26-23(30)32-18-20-14-9-6-10-15-20/h5-10,12-15H,2-4,11,16-18H2,1H3,(H,25,29)(H,26,30)(H,27,28). The van der Waals surface area contributed by atoms with E-state index in [0.29, 0.717) is 6.42 Å². The van der Waals surface area contributed by atoms with Crippen LogP contribution in [-0.2, 0) is 27.5 Å². The number of carbonyl (C=O) groups excluding carboxylic acids is 2. The fourth-order valence-corrected chi connectivity index (χ4v) is 3.05. The Balaban J connectivity index is 2.04. The second-order valence-corrected chi connectivity index (χ2v) is 7.39. The molecule has 0 saturated heterocycles.